The van der Waals surface area contributed by atoms with Gasteiger partial charge in [-0.1, -0.05) is 77.6 Å². The highest BCUT2D eigenvalue weighted by molar-refractivity contribution is 5.87. The molecule has 0 saturated carbocycles. The summed E-state index contributed by atoms with van der Waals surface area (Å²) in [6.07, 6.45) is 7.83. The largest absolute Gasteiger partial charge is 0.334 e. The van der Waals surface area contributed by atoms with E-state index >= 15 is 0 Å². The van der Waals surface area contributed by atoms with E-state index in [1.807, 2.05) is 24.3 Å². The van der Waals surface area contributed by atoms with Crippen LogP contribution in [0.2, 0.25) is 0 Å². The molecule has 0 fully saturated rings. The van der Waals surface area contributed by atoms with Crippen LogP contribution in [0.25, 0.3) is 0 Å². The van der Waals surface area contributed by atoms with Crippen molar-refractivity contribution in [2.24, 2.45) is 0 Å². The molecule has 44 heavy (non-hydrogen) atoms. The van der Waals surface area contributed by atoms with Crippen LogP contribution >= 0.6 is 0 Å². The molecule has 0 aliphatic heterocycles. The zero-order valence-electron chi connectivity index (χ0n) is 26.2. The minimum absolute atomic E-state index is 0.118. The number of aromatic amines is 2. The Balaban J connectivity index is 1.49. The highest BCUT2D eigenvalue weighted by Gasteiger charge is 2.15. The Morgan fingerprint density at radius 1 is 0.682 bits per heavy atom. The lowest BCUT2D eigenvalue weighted by molar-refractivity contribution is 0.250. The first-order valence-electron chi connectivity index (χ1n) is 15.6. The molecule has 6 N–H and O–H groups in total. The molecule has 238 valence electrons. The maximum atomic E-state index is 12.5. The third-order valence-corrected chi connectivity index (χ3v) is 7.55. The fourth-order valence-corrected chi connectivity index (χ4v) is 4.96. The van der Waals surface area contributed by atoms with Gasteiger partial charge in [0.1, 0.15) is 0 Å². The summed E-state index contributed by atoms with van der Waals surface area (Å²) >= 11 is 0. The quantitative estimate of drug-likeness (QED) is 0.119. The number of benzene rings is 1. The number of carbonyl (C=O) groups excluding carboxylic acids is 2. The summed E-state index contributed by atoms with van der Waals surface area (Å²) in [6, 6.07) is 9.41. The average Bonchev–Trinajstić information content (AvgIpc) is 3.00. The van der Waals surface area contributed by atoms with Gasteiger partial charge in [0.2, 0.25) is 11.9 Å². The lowest BCUT2D eigenvalue weighted by atomic mass is 9.96. The second-order valence-corrected chi connectivity index (χ2v) is 11.0. The van der Waals surface area contributed by atoms with Gasteiger partial charge in [-0.05, 0) is 36.8 Å². The van der Waals surface area contributed by atoms with Crippen molar-refractivity contribution in [1.29, 1.82) is 0 Å². The van der Waals surface area contributed by atoms with Crippen LogP contribution in [-0.4, -0.2) is 32.0 Å². The predicted octanol–water partition coefficient (Wildman–Crippen LogP) is 5.86. The minimum Gasteiger partial charge on any atom is -0.334 e. The molecule has 3 aromatic rings. The zero-order chi connectivity index (χ0) is 31.9. The fourth-order valence-electron chi connectivity index (χ4n) is 4.96. The summed E-state index contributed by atoms with van der Waals surface area (Å²) in [4.78, 5) is 63.4. The minimum atomic E-state index is -0.485. The molecule has 3 rings (SSSR count). The van der Waals surface area contributed by atoms with E-state index < -0.39 is 12.1 Å². The van der Waals surface area contributed by atoms with Crippen molar-refractivity contribution in [3.8, 4) is 0 Å². The first-order chi connectivity index (χ1) is 21.2. The molecule has 12 nitrogen and oxygen atoms in total. The number of anilines is 2. The maximum Gasteiger partial charge on any atom is 0.321 e. The molecule has 0 radical (unpaired) electrons. The molecule has 2 aromatic heterocycles. The monoisotopic (exact) mass is 606 g/mol. The van der Waals surface area contributed by atoms with Crippen molar-refractivity contribution in [2.45, 2.75) is 104 Å². The van der Waals surface area contributed by atoms with Gasteiger partial charge in [-0.15, -0.1) is 0 Å². The number of amides is 4. The van der Waals surface area contributed by atoms with Gasteiger partial charge in [-0.2, -0.15) is 0 Å². The zero-order valence-corrected chi connectivity index (χ0v) is 26.2. The summed E-state index contributed by atoms with van der Waals surface area (Å²) in [7, 11) is 0. The predicted molar refractivity (Wildman–Crippen MR) is 173 cm³/mol. The molecule has 2 heterocycles. The van der Waals surface area contributed by atoms with E-state index in [0.717, 1.165) is 62.5 Å². The van der Waals surface area contributed by atoms with Crippen LogP contribution in [0.5, 0.6) is 0 Å². The molecule has 0 saturated heterocycles. The topological polar surface area (TPSA) is 174 Å². The number of nitrogens with one attached hydrogen (secondary N) is 6. The van der Waals surface area contributed by atoms with Crippen LogP contribution in [0.3, 0.4) is 0 Å². The van der Waals surface area contributed by atoms with Crippen molar-refractivity contribution in [3.05, 3.63) is 79.6 Å². The highest BCUT2D eigenvalue weighted by Crippen LogP contribution is 2.24. The van der Waals surface area contributed by atoms with Crippen molar-refractivity contribution >= 4 is 24.0 Å². The number of nitrogens with zero attached hydrogens (tertiary/aromatic N) is 2. The van der Waals surface area contributed by atoms with Gasteiger partial charge in [-0.25, -0.2) is 19.6 Å². The number of H-pyrrole nitrogens is 2. The van der Waals surface area contributed by atoms with E-state index in [4.69, 9.17) is 0 Å². The lowest BCUT2D eigenvalue weighted by Gasteiger charge is -2.15. The number of aromatic nitrogens is 4. The van der Waals surface area contributed by atoms with E-state index in [9.17, 15) is 19.2 Å². The molecule has 0 aliphatic rings. The normalized spacial score (nSPS) is 12.3. The Hall–Kier alpha value is -4.48. The molecule has 0 bridgehead atoms. The molecule has 2 unspecified atom stereocenters. The molecule has 1 aromatic carbocycles. The van der Waals surface area contributed by atoms with Crippen LogP contribution in [0.15, 0.2) is 46.0 Å². The first kappa shape index (κ1) is 34.0. The molecular weight excluding hydrogens is 560 g/mol. The Labute approximate surface area is 258 Å². The summed E-state index contributed by atoms with van der Waals surface area (Å²) in [6.45, 7) is 8.89. The van der Waals surface area contributed by atoms with Gasteiger partial charge in [0.15, 0.2) is 0 Å². The molecule has 0 spiro atoms. The molecule has 2 atom stereocenters. The standard InChI is InChI=1S/C32H46N8O4/c1-5-9-11-23(7-3)25-17-27(41)37-29(35-25)39-31(43)33-19-21-13-15-22(16-14-21)20-34-32(44)40-30-36-26(18-28(42)38-30)24(8-4)12-10-6-2/h13-18,23-24H,5-12,19-20H2,1-4H3,(H3,33,35,37,39,41,43)(H3,34,36,38,40,42,44). The van der Waals surface area contributed by atoms with Crippen molar-refractivity contribution in [3.63, 3.8) is 0 Å². The second-order valence-electron chi connectivity index (χ2n) is 11.0. The first-order valence-corrected chi connectivity index (χ1v) is 15.6. The van der Waals surface area contributed by atoms with Gasteiger partial charge < -0.3 is 10.6 Å². The van der Waals surface area contributed by atoms with E-state index in [1.165, 1.54) is 12.1 Å². The van der Waals surface area contributed by atoms with Gasteiger partial charge in [0.05, 0.1) is 11.4 Å². The van der Waals surface area contributed by atoms with E-state index in [2.05, 4.69) is 68.9 Å². The van der Waals surface area contributed by atoms with Gasteiger partial charge >= 0.3 is 12.1 Å². The van der Waals surface area contributed by atoms with E-state index in [0.29, 0.717) is 11.4 Å². The fraction of sp³-hybridized carbons (Fsp3) is 0.500. The molecular formula is C32H46N8O4. The van der Waals surface area contributed by atoms with Crippen molar-refractivity contribution in [1.82, 2.24) is 30.6 Å². The average molecular weight is 607 g/mol. The molecule has 12 heteroatoms. The maximum absolute atomic E-state index is 12.5. The number of urea groups is 2. The number of unbranched alkanes of at least 4 members (excludes halogenated alkanes) is 2. The second kappa shape index (κ2) is 17.6. The van der Waals surface area contributed by atoms with Crippen LogP contribution in [-0.2, 0) is 13.1 Å². The van der Waals surface area contributed by atoms with Crippen molar-refractivity contribution < 1.29 is 9.59 Å². The Bertz CT molecular complexity index is 1360. The van der Waals surface area contributed by atoms with Gasteiger partial charge in [-0.3, -0.25) is 30.2 Å². The Morgan fingerprint density at radius 2 is 1.07 bits per heavy atom. The number of carbonyl (C=O) groups is 2. The van der Waals surface area contributed by atoms with E-state index in [-0.39, 0.29) is 47.9 Å². The third kappa shape index (κ3) is 11.0. The van der Waals surface area contributed by atoms with Gasteiger partial charge in [0.25, 0.3) is 11.1 Å². The molecule has 0 aliphatic carbocycles. The number of hydrogen-bond donors (Lipinski definition) is 6. The number of rotatable bonds is 16. The van der Waals surface area contributed by atoms with Crippen LogP contribution in [0, 0.1) is 0 Å². The SMILES string of the molecule is CCCCC(CC)c1cc(=O)[nH]c(NC(=O)NCc2ccc(CNC(=O)Nc3nc(C(CC)CCCC)cc(=O)[nH]3)cc2)n1. The summed E-state index contributed by atoms with van der Waals surface area (Å²) in [5.41, 5.74) is 2.46. The van der Waals surface area contributed by atoms with Crippen LogP contribution in [0.4, 0.5) is 21.5 Å². The summed E-state index contributed by atoms with van der Waals surface area (Å²) in [5.74, 6) is 0.570. The molecule has 4 amide bonds. The van der Waals surface area contributed by atoms with Crippen LogP contribution in [0.1, 0.15) is 113 Å². The third-order valence-electron chi connectivity index (χ3n) is 7.55. The summed E-state index contributed by atoms with van der Waals surface area (Å²) < 4.78 is 0. The highest BCUT2D eigenvalue weighted by atomic mass is 16.2. The lowest BCUT2D eigenvalue weighted by Crippen LogP contribution is -2.30. The van der Waals surface area contributed by atoms with Crippen LogP contribution < -0.4 is 32.4 Å². The summed E-state index contributed by atoms with van der Waals surface area (Å²) in [5, 5.41) is 10.8. The Kier molecular flexibility index (Phi) is 13.6. The van der Waals surface area contributed by atoms with Crippen molar-refractivity contribution in [2.75, 3.05) is 10.6 Å². The van der Waals surface area contributed by atoms with Gasteiger partial charge in [0, 0.05) is 37.1 Å². The smallest absolute Gasteiger partial charge is 0.321 e. The Morgan fingerprint density at radius 3 is 1.41 bits per heavy atom. The number of hydrogen-bond acceptors (Lipinski definition) is 6. The van der Waals surface area contributed by atoms with E-state index in [1.54, 1.807) is 0 Å².